The lowest BCUT2D eigenvalue weighted by Crippen LogP contribution is -2.39. The van der Waals surface area contributed by atoms with Crippen LogP contribution in [0.5, 0.6) is 0 Å². The first-order valence-corrected chi connectivity index (χ1v) is 30.4. The Kier molecular flexibility index (Phi) is 23.7. The zero-order valence-corrected chi connectivity index (χ0v) is 53.2. The molecule has 7 aromatic carbocycles. The van der Waals surface area contributed by atoms with Crippen molar-refractivity contribution in [3.05, 3.63) is 240 Å². The monoisotopic (exact) mass is 1410 g/mol. The number of carboxylic acid groups (broad SMARTS) is 1. The Balaban J connectivity index is 0.000000162. The van der Waals surface area contributed by atoms with E-state index in [1.807, 2.05) is 82.3 Å². The van der Waals surface area contributed by atoms with Crippen LogP contribution in [0.1, 0.15) is 110 Å². The maximum Gasteiger partial charge on any atom is 0.338 e. The molecule has 0 aliphatic carbocycles. The van der Waals surface area contributed by atoms with E-state index in [9.17, 15) is 29.1 Å². The Hall–Kier alpha value is -5.53. The Morgan fingerprint density at radius 3 is 1.21 bits per heavy atom. The van der Waals surface area contributed by atoms with Gasteiger partial charge in [0.2, 0.25) is 17.7 Å². The highest BCUT2D eigenvalue weighted by Crippen LogP contribution is 2.34. The third-order valence-electron chi connectivity index (χ3n) is 15.1. The number of halogens is 6. The van der Waals surface area contributed by atoms with Crippen LogP contribution in [0.2, 0.25) is 20.1 Å². The lowest BCUT2D eigenvalue weighted by atomic mass is 9.93. The van der Waals surface area contributed by atoms with E-state index in [2.05, 4.69) is 101 Å². The number of ether oxygens (including phenoxy) is 1. The van der Waals surface area contributed by atoms with Gasteiger partial charge in [0.1, 0.15) is 0 Å². The van der Waals surface area contributed by atoms with Crippen molar-refractivity contribution in [2.24, 2.45) is 0 Å². The molecular weight excluding hydrogens is 1350 g/mol. The van der Waals surface area contributed by atoms with Gasteiger partial charge in [-0.1, -0.05) is 150 Å². The number of hydrogen-bond donors (Lipinski definition) is 2. The summed E-state index contributed by atoms with van der Waals surface area (Å²) >= 11 is 28.9. The SMILES string of the molecule is COC(=O)c1cccc(Cl)c1CC(=O)N1CCc2ccccc2[C@@H]1C.C[C@H]1c2ccccc2CCN1C(=O)Cc1c(Cl)cccc1CO.C[C@H]1c2ccccc2CCN1C(=O)Cc1c(Cl)cccc1I.O=C(O)Cc1c(Cl)cccc1I. The topological polar surface area (TPSA) is 145 Å². The van der Waals surface area contributed by atoms with E-state index < -0.39 is 11.9 Å². The summed E-state index contributed by atoms with van der Waals surface area (Å²) in [5.74, 6) is -1.19. The largest absolute Gasteiger partial charge is 0.481 e. The molecule has 2 N–H and O–H groups in total. The first kappa shape index (κ1) is 64.0. The maximum atomic E-state index is 12.9. The molecule has 0 radical (unpaired) electrons. The number of aliphatic hydroxyl groups excluding tert-OH is 1. The minimum absolute atomic E-state index is 0.00140. The molecule has 7 aromatic rings. The van der Waals surface area contributed by atoms with Gasteiger partial charge < -0.3 is 29.6 Å². The molecule has 17 heteroatoms. The second-order valence-corrected chi connectivity index (χ2v) is 23.9. The zero-order valence-electron chi connectivity index (χ0n) is 45.8. The number of methoxy groups -OCH3 is 1. The second-order valence-electron chi connectivity index (χ2n) is 19.9. The molecule has 0 unspecified atom stereocenters. The van der Waals surface area contributed by atoms with Gasteiger partial charge >= 0.3 is 11.9 Å². The average molecular weight is 1410 g/mol. The first-order chi connectivity index (χ1) is 39.3. The van der Waals surface area contributed by atoms with E-state index in [4.69, 9.17) is 56.2 Å². The van der Waals surface area contributed by atoms with E-state index in [1.165, 1.54) is 40.5 Å². The number of aliphatic hydroxyl groups is 1. The lowest BCUT2D eigenvalue weighted by Gasteiger charge is -2.35. The summed E-state index contributed by atoms with van der Waals surface area (Å²) in [6.07, 6.45) is 3.28. The molecule has 10 rings (SSSR count). The Labute approximate surface area is 527 Å². The van der Waals surface area contributed by atoms with Gasteiger partial charge in [-0.05, 0) is 189 Å². The van der Waals surface area contributed by atoms with E-state index >= 15 is 0 Å². The quantitative estimate of drug-likeness (QED) is 0.102. The van der Waals surface area contributed by atoms with Crippen molar-refractivity contribution in [3.8, 4) is 0 Å². The van der Waals surface area contributed by atoms with Gasteiger partial charge in [-0.15, -0.1) is 0 Å². The molecule has 0 bridgehead atoms. The molecule has 0 saturated heterocycles. The van der Waals surface area contributed by atoms with E-state index in [0.29, 0.717) is 49.7 Å². The average Bonchev–Trinajstić information content (AvgIpc) is 3.54. The van der Waals surface area contributed by atoms with Gasteiger partial charge in [0, 0.05) is 46.9 Å². The van der Waals surface area contributed by atoms with Crippen LogP contribution < -0.4 is 0 Å². The van der Waals surface area contributed by atoms with E-state index in [-0.39, 0.29) is 61.7 Å². The molecule has 0 saturated carbocycles. The molecule has 0 aromatic heterocycles. The van der Waals surface area contributed by atoms with Crippen LogP contribution >= 0.6 is 91.6 Å². The van der Waals surface area contributed by atoms with Crippen molar-refractivity contribution < 1.29 is 38.9 Å². The highest BCUT2D eigenvalue weighted by Gasteiger charge is 2.31. The van der Waals surface area contributed by atoms with Crippen LogP contribution in [-0.4, -0.2) is 81.3 Å². The number of aliphatic carboxylic acids is 1. The predicted molar refractivity (Wildman–Crippen MR) is 342 cm³/mol. The lowest BCUT2D eigenvalue weighted by molar-refractivity contribution is -0.136. The minimum atomic E-state index is -0.860. The number of hydrogen-bond acceptors (Lipinski definition) is 7. The van der Waals surface area contributed by atoms with E-state index in [1.54, 1.807) is 42.5 Å². The number of fused-ring (bicyclic) bond motifs is 3. The number of benzene rings is 7. The Morgan fingerprint density at radius 1 is 0.476 bits per heavy atom. The standard InChI is InChI=1S/C20H20ClNO3.C19H20ClNO2.C18H17ClINO.C8H6ClIO2/c1-13-15-7-4-3-6-14(15)10-11-22(13)19(23)12-17-16(20(24)25-2)8-5-9-18(17)21;1-13-16-7-3-2-5-14(16)9-10-21(13)19(23)11-17-15(12-22)6-4-8-18(17)20;1-12-14-6-3-2-5-13(14)9-10-21(12)18(22)11-15-16(19)7-4-8-17(15)20;9-6-2-1-3-7(10)5(6)4-8(11)12/h3-9,13H,10-12H2,1-2H3;2-8,13,22H,9-12H2,1H3;2-8,12H,9-11H2,1H3;1-3H,4H2,(H,11,12)/t2*13-;12-;/m000./s1. The highest BCUT2D eigenvalue weighted by atomic mass is 127. The highest BCUT2D eigenvalue weighted by molar-refractivity contribution is 14.1. The number of rotatable bonds is 10. The van der Waals surface area contributed by atoms with Crippen molar-refractivity contribution in [3.63, 3.8) is 0 Å². The number of amides is 3. The van der Waals surface area contributed by atoms with Crippen LogP contribution in [0.15, 0.2) is 146 Å². The molecule has 3 amide bonds. The van der Waals surface area contributed by atoms with Crippen LogP contribution in [-0.2, 0) is 75.5 Å². The third-order valence-corrected chi connectivity index (χ3v) is 18.5. The fourth-order valence-electron chi connectivity index (χ4n) is 10.6. The van der Waals surface area contributed by atoms with Crippen molar-refractivity contribution >= 4 is 121 Å². The zero-order chi connectivity index (χ0) is 59.2. The number of carbonyl (C=O) groups is 5. The summed E-state index contributed by atoms with van der Waals surface area (Å²) < 4.78 is 6.74. The molecular formula is C65H63Cl4I2N3O8. The fourth-order valence-corrected chi connectivity index (χ4v) is 13.3. The van der Waals surface area contributed by atoms with Crippen molar-refractivity contribution in [1.29, 1.82) is 0 Å². The van der Waals surface area contributed by atoms with Gasteiger partial charge in [0.15, 0.2) is 0 Å². The molecule has 3 heterocycles. The molecule has 82 heavy (non-hydrogen) atoms. The van der Waals surface area contributed by atoms with Crippen molar-refractivity contribution in [1.82, 2.24) is 14.7 Å². The molecule has 0 fully saturated rings. The summed E-state index contributed by atoms with van der Waals surface area (Å²) in [5, 5.41) is 20.1. The fraction of sp³-hybridized carbons (Fsp3) is 0.277. The third kappa shape index (κ3) is 16.0. The number of carboxylic acids is 1. The van der Waals surface area contributed by atoms with E-state index in [0.717, 1.165) is 56.2 Å². The molecule has 0 spiro atoms. The van der Waals surface area contributed by atoms with Crippen molar-refractivity contribution in [2.75, 3.05) is 26.7 Å². The number of carbonyl (C=O) groups excluding carboxylic acids is 4. The summed E-state index contributed by atoms with van der Waals surface area (Å²) in [7, 11) is 1.32. The van der Waals surface area contributed by atoms with Gasteiger partial charge in [0.05, 0.1) is 63.1 Å². The number of esters is 1. The van der Waals surface area contributed by atoms with Crippen molar-refractivity contribution in [2.45, 2.75) is 90.4 Å². The molecule has 428 valence electrons. The maximum absolute atomic E-state index is 12.9. The summed E-state index contributed by atoms with van der Waals surface area (Å²) in [6.45, 7) is 8.25. The molecule has 3 atom stereocenters. The molecule has 11 nitrogen and oxygen atoms in total. The normalized spacial score (nSPS) is 15.8. The van der Waals surface area contributed by atoms with Crippen LogP contribution in [0.25, 0.3) is 0 Å². The number of nitrogens with zero attached hydrogens (tertiary/aromatic N) is 3. The Bertz CT molecular complexity index is 3410. The predicted octanol–water partition coefficient (Wildman–Crippen LogP) is 14.5. The Morgan fingerprint density at radius 2 is 0.817 bits per heavy atom. The summed E-state index contributed by atoms with van der Waals surface area (Å²) in [4.78, 5) is 66.6. The van der Waals surface area contributed by atoms with Gasteiger partial charge in [-0.25, -0.2) is 4.79 Å². The summed E-state index contributed by atoms with van der Waals surface area (Å²) in [6, 6.07) is 46.5. The van der Waals surface area contributed by atoms with Gasteiger partial charge in [0.25, 0.3) is 0 Å². The van der Waals surface area contributed by atoms with Crippen LogP contribution in [0.3, 0.4) is 0 Å². The minimum Gasteiger partial charge on any atom is -0.481 e. The van der Waals surface area contributed by atoms with Gasteiger partial charge in [-0.2, -0.15) is 0 Å². The smallest absolute Gasteiger partial charge is 0.338 e. The van der Waals surface area contributed by atoms with Gasteiger partial charge in [-0.3, -0.25) is 19.2 Å². The summed E-state index contributed by atoms with van der Waals surface area (Å²) in [5.41, 5.74) is 11.5. The van der Waals surface area contributed by atoms with Crippen LogP contribution in [0, 0.1) is 7.14 Å². The molecule has 3 aliphatic heterocycles. The first-order valence-electron chi connectivity index (χ1n) is 26.7. The van der Waals surface area contributed by atoms with Crippen LogP contribution in [0.4, 0.5) is 0 Å². The molecule has 3 aliphatic rings. The second kappa shape index (κ2) is 30.3.